The zero-order valence-corrected chi connectivity index (χ0v) is 14.7. The molecule has 0 bridgehead atoms. The standard InChI is InChI=1S/C15H24N4O3S/c1-4-16-15-18-10(2)13(23-15)14(21)17-8-11-7-12(20)19(9-11)5-6-22-3/h11H,4-9H2,1-3H3,(H,16,18)(H,17,21)/t11-/m0/s1. The van der Waals surface area contributed by atoms with Crippen molar-refractivity contribution in [3.63, 3.8) is 0 Å². The lowest BCUT2D eigenvalue weighted by atomic mass is 10.1. The molecule has 1 fully saturated rings. The van der Waals surface area contributed by atoms with Gasteiger partial charge in [-0.05, 0) is 13.8 Å². The van der Waals surface area contributed by atoms with E-state index < -0.39 is 0 Å². The van der Waals surface area contributed by atoms with E-state index in [9.17, 15) is 9.59 Å². The van der Waals surface area contributed by atoms with Gasteiger partial charge in [0.25, 0.3) is 5.91 Å². The Morgan fingerprint density at radius 1 is 1.52 bits per heavy atom. The highest BCUT2D eigenvalue weighted by molar-refractivity contribution is 7.17. The normalized spacial score (nSPS) is 17.6. The summed E-state index contributed by atoms with van der Waals surface area (Å²) < 4.78 is 5.00. The molecule has 0 spiro atoms. The fraction of sp³-hybridized carbons (Fsp3) is 0.667. The van der Waals surface area contributed by atoms with E-state index in [0.29, 0.717) is 37.5 Å². The van der Waals surface area contributed by atoms with Crippen LogP contribution in [0.4, 0.5) is 5.13 Å². The summed E-state index contributed by atoms with van der Waals surface area (Å²) in [5, 5.41) is 6.81. The van der Waals surface area contributed by atoms with E-state index in [2.05, 4.69) is 15.6 Å². The number of nitrogens with one attached hydrogen (secondary N) is 2. The van der Waals surface area contributed by atoms with Gasteiger partial charge in [-0.25, -0.2) is 4.98 Å². The van der Waals surface area contributed by atoms with Crippen LogP contribution in [0.15, 0.2) is 0 Å². The summed E-state index contributed by atoms with van der Waals surface area (Å²) in [7, 11) is 1.62. The number of amides is 2. The second kappa shape index (κ2) is 8.26. The number of carbonyl (C=O) groups is 2. The Morgan fingerprint density at radius 3 is 3.00 bits per heavy atom. The molecule has 1 aromatic heterocycles. The van der Waals surface area contributed by atoms with Crippen LogP contribution >= 0.6 is 11.3 Å². The number of aromatic nitrogens is 1. The highest BCUT2D eigenvalue weighted by atomic mass is 32.1. The third kappa shape index (κ3) is 4.65. The number of methoxy groups -OCH3 is 1. The van der Waals surface area contributed by atoms with Gasteiger partial charge in [-0.2, -0.15) is 0 Å². The van der Waals surface area contributed by atoms with Gasteiger partial charge in [0.05, 0.1) is 12.3 Å². The Morgan fingerprint density at radius 2 is 2.30 bits per heavy atom. The fourth-order valence-electron chi connectivity index (χ4n) is 2.56. The molecule has 0 saturated carbocycles. The lowest BCUT2D eigenvalue weighted by Gasteiger charge is -2.16. The second-order valence-corrected chi connectivity index (χ2v) is 6.58. The minimum atomic E-state index is -0.119. The number of ether oxygens (including phenoxy) is 1. The first-order chi connectivity index (χ1) is 11.0. The number of rotatable bonds is 8. The third-order valence-electron chi connectivity index (χ3n) is 3.74. The Balaban J connectivity index is 1.84. The third-order valence-corrected chi connectivity index (χ3v) is 4.86. The summed E-state index contributed by atoms with van der Waals surface area (Å²) in [5.74, 6) is 0.168. The van der Waals surface area contributed by atoms with Crippen LogP contribution in [0.1, 0.15) is 28.7 Å². The summed E-state index contributed by atoms with van der Waals surface area (Å²) in [6, 6.07) is 0. The maximum atomic E-state index is 12.3. The number of aryl methyl sites for hydroxylation is 1. The van der Waals surface area contributed by atoms with E-state index >= 15 is 0 Å². The van der Waals surface area contributed by atoms with Crippen LogP contribution in [0.25, 0.3) is 0 Å². The van der Waals surface area contributed by atoms with Gasteiger partial charge in [0.2, 0.25) is 5.91 Å². The van der Waals surface area contributed by atoms with Gasteiger partial charge in [0, 0.05) is 45.6 Å². The molecule has 2 heterocycles. The van der Waals surface area contributed by atoms with Crippen LogP contribution in [0.2, 0.25) is 0 Å². The maximum Gasteiger partial charge on any atom is 0.263 e. The van der Waals surface area contributed by atoms with Gasteiger partial charge in [0.1, 0.15) is 4.88 Å². The van der Waals surface area contributed by atoms with E-state index in [0.717, 1.165) is 17.4 Å². The predicted molar refractivity (Wildman–Crippen MR) is 89.9 cm³/mol. The van der Waals surface area contributed by atoms with Gasteiger partial charge < -0.3 is 20.3 Å². The molecule has 128 valence electrons. The Kier molecular flexibility index (Phi) is 6.35. The van der Waals surface area contributed by atoms with Gasteiger partial charge in [-0.15, -0.1) is 0 Å². The lowest BCUT2D eigenvalue weighted by Crippen LogP contribution is -2.32. The van der Waals surface area contributed by atoms with E-state index in [1.165, 1.54) is 11.3 Å². The number of anilines is 1. The molecule has 0 radical (unpaired) electrons. The minimum absolute atomic E-state index is 0.119. The monoisotopic (exact) mass is 340 g/mol. The van der Waals surface area contributed by atoms with Crippen molar-refractivity contribution >= 4 is 28.3 Å². The lowest BCUT2D eigenvalue weighted by molar-refractivity contribution is -0.128. The van der Waals surface area contributed by atoms with Gasteiger partial charge in [0.15, 0.2) is 5.13 Å². The highest BCUT2D eigenvalue weighted by Crippen LogP contribution is 2.22. The first kappa shape index (κ1) is 17.7. The quantitative estimate of drug-likeness (QED) is 0.741. The first-order valence-electron chi connectivity index (χ1n) is 7.81. The van der Waals surface area contributed by atoms with Crippen LogP contribution in [0.3, 0.4) is 0 Å². The van der Waals surface area contributed by atoms with Crippen molar-refractivity contribution in [1.29, 1.82) is 0 Å². The van der Waals surface area contributed by atoms with E-state index in [-0.39, 0.29) is 17.7 Å². The zero-order valence-electron chi connectivity index (χ0n) is 13.8. The van der Waals surface area contributed by atoms with Crippen LogP contribution < -0.4 is 10.6 Å². The topological polar surface area (TPSA) is 83.6 Å². The summed E-state index contributed by atoms with van der Waals surface area (Å²) in [5.41, 5.74) is 0.729. The zero-order chi connectivity index (χ0) is 16.8. The fourth-order valence-corrected chi connectivity index (χ4v) is 3.51. The molecule has 2 N–H and O–H groups in total. The maximum absolute atomic E-state index is 12.3. The van der Waals surface area contributed by atoms with E-state index in [1.807, 2.05) is 13.8 Å². The van der Waals surface area contributed by atoms with Crippen LogP contribution in [0.5, 0.6) is 0 Å². The van der Waals surface area contributed by atoms with Gasteiger partial charge >= 0.3 is 0 Å². The predicted octanol–water partition coefficient (Wildman–Crippen LogP) is 1.11. The number of likely N-dealkylation sites (tertiary alicyclic amines) is 1. The molecule has 8 heteroatoms. The van der Waals surface area contributed by atoms with Crippen molar-refractivity contribution in [2.75, 3.05) is 45.2 Å². The van der Waals surface area contributed by atoms with Gasteiger partial charge in [-0.3, -0.25) is 9.59 Å². The molecule has 1 aromatic rings. The number of thiazole rings is 1. The van der Waals surface area contributed by atoms with Crippen LogP contribution in [0, 0.1) is 12.8 Å². The SMILES string of the molecule is CCNc1nc(C)c(C(=O)NC[C@@H]2CC(=O)N(CCOC)C2)s1. The van der Waals surface area contributed by atoms with Crippen molar-refractivity contribution in [1.82, 2.24) is 15.2 Å². The Hall–Kier alpha value is -1.67. The molecule has 0 aromatic carbocycles. The summed E-state index contributed by atoms with van der Waals surface area (Å²) in [4.78, 5) is 30.9. The minimum Gasteiger partial charge on any atom is -0.383 e. The molecule has 7 nitrogen and oxygen atoms in total. The van der Waals surface area contributed by atoms with E-state index in [1.54, 1.807) is 12.0 Å². The van der Waals surface area contributed by atoms with Crippen molar-refractivity contribution in [2.24, 2.45) is 5.92 Å². The molecule has 1 aliphatic heterocycles. The van der Waals surface area contributed by atoms with Gasteiger partial charge in [-0.1, -0.05) is 11.3 Å². The molecule has 1 atom stereocenters. The van der Waals surface area contributed by atoms with Crippen LogP contribution in [-0.2, 0) is 9.53 Å². The summed E-state index contributed by atoms with van der Waals surface area (Å²) in [6.45, 7) is 6.92. The number of carbonyl (C=O) groups excluding carboxylic acids is 2. The summed E-state index contributed by atoms with van der Waals surface area (Å²) in [6.07, 6.45) is 0.480. The molecule has 2 amide bonds. The number of nitrogens with zero attached hydrogens (tertiary/aromatic N) is 2. The molecule has 1 aliphatic rings. The summed E-state index contributed by atoms with van der Waals surface area (Å²) >= 11 is 1.36. The molecule has 0 aliphatic carbocycles. The average Bonchev–Trinajstić information content (AvgIpc) is 3.06. The molecule has 0 unspecified atom stereocenters. The Labute approximate surface area is 140 Å². The molecule has 2 rings (SSSR count). The van der Waals surface area contributed by atoms with Crippen molar-refractivity contribution < 1.29 is 14.3 Å². The van der Waals surface area contributed by atoms with Crippen molar-refractivity contribution in [3.05, 3.63) is 10.6 Å². The van der Waals surface area contributed by atoms with Crippen molar-refractivity contribution in [2.45, 2.75) is 20.3 Å². The molecular weight excluding hydrogens is 316 g/mol. The highest BCUT2D eigenvalue weighted by Gasteiger charge is 2.29. The average molecular weight is 340 g/mol. The number of hydrogen-bond acceptors (Lipinski definition) is 6. The van der Waals surface area contributed by atoms with Crippen molar-refractivity contribution in [3.8, 4) is 0 Å². The number of hydrogen-bond donors (Lipinski definition) is 2. The molecule has 1 saturated heterocycles. The van der Waals surface area contributed by atoms with Crippen LogP contribution in [-0.4, -0.2) is 61.6 Å². The second-order valence-electron chi connectivity index (χ2n) is 5.58. The largest absolute Gasteiger partial charge is 0.383 e. The molecule has 23 heavy (non-hydrogen) atoms. The molecular formula is C15H24N4O3S. The smallest absolute Gasteiger partial charge is 0.263 e. The Bertz CT molecular complexity index is 561. The van der Waals surface area contributed by atoms with E-state index in [4.69, 9.17) is 4.74 Å². The first-order valence-corrected chi connectivity index (χ1v) is 8.63.